The molecule has 0 atom stereocenters. The number of nitro groups is 1. The summed E-state index contributed by atoms with van der Waals surface area (Å²) in [4.78, 5) is 48.5. The van der Waals surface area contributed by atoms with Gasteiger partial charge in [0.15, 0.2) is 0 Å². The van der Waals surface area contributed by atoms with E-state index < -0.39 is 38.5 Å². The van der Waals surface area contributed by atoms with Crippen molar-refractivity contribution in [3.05, 3.63) is 100 Å². The highest BCUT2D eigenvalue weighted by molar-refractivity contribution is 7.87. The van der Waals surface area contributed by atoms with Crippen LogP contribution in [0, 0.1) is 10.1 Å². The predicted molar refractivity (Wildman–Crippen MR) is 123 cm³/mol. The molecule has 1 fully saturated rings. The van der Waals surface area contributed by atoms with Crippen LogP contribution in [0.5, 0.6) is 5.75 Å². The quantitative estimate of drug-likeness (QED) is 0.181. The Morgan fingerprint density at radius 1 is 0.914 bits per heavy atom. The molecule has 0 unspecified atom stereocenters. The maximum Gasteiger partial charge on any atom is 0.339 e. The fraction of sp³-hybridized carbons (Fsp3) is 0. The number of hydrogen-bond acceptors (Lipinski definition) is 8. The summed E-state index contributed by atoms with van der Waals surface area (Å²) < 4.78 is 29.8. The van der Waals surface area contributed by atoms with E-state index in [-0.39, 0.29) is 22.0 Å². The number of nitrogens with one attached hydrogen (secondary N) is 1. The molecule has 0 radical (unpaired) electrons. The third-order valence-electron chi connectivity index (χ3n) is 4.83. The fourth-order valence-electron chi connectivity index (χ4n) is 3.19. The molecule has 1 N–H and O–H groups in total. The lowest BCUT2D eigenvalue weighted by molar-refractivity contribution is -0.384. The zero-order chi connectivity index (χ0) is 25.2. The molecular weight excluding hydrogens is 478 g/mol. The molecular formula is C23H15N3O8S. The van der Waals surface area contributed by atoms with E-state index in [1.807, 2.05) is 5.32 Å². The highest BCUT2D eigenvalue weighted by Crippen LogP contribution is 2.26. The number of non-ortho nitro benzene ring substituents is 1. The molecule has 3 aromatic rings. The normalized spacial score (nSPS) is 15.1. The van der Waals surface area contributed by atoms with Gasteiger partial charge in [0, 0.05) is 12.1 Å². The van der Waals surface area contributed by atoms with E-state index in [1.54, 1.807) is 18.2 Å². The second-order valence-corrected chi connectivity index (χ2v) is 8.70. The number of carbonyl (C=O) groups excluding carboxylic acids is 3. The van der Waals surface area contributed by atoms with Gasteiger partial charge >= 0.3 is 16.1 Å². The van der Waals surface area contributed by atoms with E-state index >= 15 is 0 Å². The number of hydrogen-bond donors (Lipinski definition) is 1. The molecule has 0 bridgehead atoms. The maximum atomic E-state index is 12.9. The van der Waals surface area contributed by atoms with E-state index in [0.29, 0.717) is 10.5 Å². The molecule has 1 heterocycles. The number of carbonyl (C=O) groups is 3. The fourth-order valence-corrected chi connectivity index (χ4v) is 4.14. The molecule has 3 aromatic carbocycles. The minimum Gasteiger partial charge on any atom is -0.379 e. The number of urea groups is 1. The van der Waals surface area contributed by atoms with Gasteiger partial charge in [-0.25, -0.2) is 9.69 Å². The Morgan fingerprint density at radius 2 is 1.60 bits per heavy atom. The molecule has 1 aliphatic heterocycles. The van der Waals surface area contributed by atoms with Crippen LogP contribution in [-0.4, -0.2) is 31.2 Å². The molecule has 35 heavy (non-hydrogen) atoms. The molecule has 0 saturated carbocycles. The van der Waals surface area contributed by atoms with Crippen molar-refractivity contribution in [2.45, 2.75) is 4.90 Å². The van der Waals surface area contributed by atoms with Gasteiger partial charge in [0.25, 0.3) is 17.5 Å². The number of anilines is 1. The average molecular weight is 493 g/mol. The first-order valence-electron chi connectivity index (χ1n) is 9.91. The first-order chi connectivity index (χ1) is 16.7. The van der Waals surface area contributed by atoms with Crippen molar-refractivity contribution in [3.63, 3.8) is 0 Å². The molecule has 4 amide bonds. The van der Waals surface area contributed by atoms with Crippen LogP contribution in [0.4, 0.5) is 16.2 Å². The lowest BCUT2D eigenvalue weighted by Gasteiger charge is -2.26. The molecule has 1 saturated heterocycles. The molecule has 12 heteroatoms. The van der Waals surface area contributed by atoms with Crippen LogP contribution in [0.2, 0.25) is 0 Å². The van der Waals surface area contributed by atoms with Crippen LogP contribution in [0.15, 0.2) is 89.3 Å². The van der Waals surface area contributed by atoms with Crippen molar-refractivity contribution < 1.29 is 31.9 Å². The van der Waals surface area contributed by atoms with E-state index in [1.165, 1.54) is 60.7 Å². The van der Waals surface area contributed by atoms with Gasteiger partial charge in [-0.05, 0) is 42.0 Å². The summed E-state index contributed by atoms with van der Waals surface area (Å²) in [6.45, 7) is 0. The highest BCUT2D eigenvalue weighted by Gasteiger charge is 2.37. The van der Waals surface area contributed by atoms with Crippen molar-refractivity contribution in [2.24, 2.45) is 0 Å². The van der Waals surface area contributed by atoms with E-state index in [9.17, 15) is 32.9 Å². The van der Waals surface area contributed by atoms with Crippen LogP contribution in [-0.2, 0) is 19.7 Å². The summed E-state index contributed by atoms with van der Waals surface area (Å²) in [6, 6.07) is 16.8. The van der Waals surface area contributed by atoms with Crippen LogP contribution < -0.4 is 14.4 Å². The minimum absolute atomic E-state index is 0.00354. The Bertz CT molecular complexity index is 1480. The lowest BCUT2D eigenvalue weighted by atomic mass is 10.1. The number of rotatable bonds is 6. The first kappa shape index (κ1) is 23.3. The minimum atomic E-state index is -4.05. The Morgan fingerprint density at radius 3 is 2.26 bits per heavy atom. The van der Waals surface area contributed by atoms with Crippen molar-refractivity contribution >= 4 is 45.4 Å². The third-order valence-corrected chi connectivity index (χ3v) is 6.09. The van der Waals surface area contributed by atoms with E-state index in [2.05, 4.69) is 0 Å². The topological polar surface area (TPSA) is 153 Å². The first-order valence-corrected chi connectivity index (χ1v) is 11.3. The van der Waals surface area contributed by atoms with Gasteiger partial charge in [0.1, 0.15) is 16.2 Å². The highest BCUT2D eigenvalue weighted by atomic mass is 32.2. The van der Waals surface area contributed by atoms with E-state index in [0.717, 1.165) is 6.07 Å². The standard InChI is InChI=1S/C23H15N3O8S/c27-21-20(22(28)25(23(29)24-21)16-5-4-6-17(14-16)26(30)31)13-15-9-11-18(12-10-15)34-35(32,33)19-7-2-1-3-8-19/h1-14H,(H,24,27,29)/b20-13+. The van der Waals surface area contributed by atoms with Gasteiger partial charge in [-0.3, -0.25) is 25.0 Å². The molecule has 0 aliphatic carbocycles. The van der Waals surface area contributed by atoms with Gasteiger partial charge < -0.3 is 4.18 Å². The van der Waals surface area contributed by atoms with E-state index in [4.69, 9.17) is 4.18 Å². The Labute approximate surface area is 198 Å². The summed E-state index contributed by atoms with van der Waals surface area (Å²) in [5.41, 5.74) is -0.496. The monoisotopic (exact) mass is 493 g/mol. The van der Waals surface area contributed by atoms with Crippen molar-refractivity contribution in [1.29, 1.82) is 0 Å². The van der Waals surface area contributed by atoms with Crippen LogP contribution in [0.3, 0.4) is 0 Å². The molecule has 176 valence electrons. The van der Waals surface area contributed by atoms with Crippen LogP contribution >= 0.6 is 0 Å². The second kappa shape index (κ2) is 9.19. The summed E-state index contributed by atoms with van der Waals surface area (Å²) in [5.74, 6) is -1.93. The number of barbiturate groups is 1. The number of benzene rings is 3. The molecule has 0 aromatic heterocycles. The number of amides is 4. The van der Waals surface area contributed by atoms with Gasteiger partial charge in [0.2, 0.25) is 0 Å². The Balaban J connectivity index is 1.59. The number of nitrogens with zero attached hydrogens (tertiary/aromatic N) is 2. The smallest absolute Gasteiger partial charge is 0.339 e. The summed E-state index contributed by atoms with van der Waals surface area (Å²) >= 11 is 0. The van der Waals surface area contributed by atoms with Crippen molar-refractivity contribution in [3.8, 4) is 5.75 Å². The van der Waals surface area contributed by atoms with Crippen LogP contribution in [0.1, 0.15) is 5.56 Å². The third kappa shape index (κ3) is 4.91. The average Bonchev–Trinajstić information content (AvgIpc) is 2.83. The maximum absolute atomic E-state index is 12.9. The zero-order valence-corrected chi connectivity index (χ0v) is 18.5. The predicted octanol–water partition coefficient (Wildman–Crippen LogP) is 3.03. The van der Waals surface area contributed by atoms with Gasteiger partial charge in [-0.1, -0.05) is 36.4 Å². The van der Waals surface area contributed by atoms with Gasteiger partial charge in [0.05, 0.1) is 10.6 Å². The van der Waals surface area contributed by atoms with Gasteiger partial charge in [-0.15, -0.1) is 0 Å². The van der Waals surface area contributed by atoms with Crippen molar-refractivity contribution in [1.82, 2.24) is 5.32 Å². The van der Waals surface area contributed by atoms with Crippen LogP contribution in [0.25, 0.3) is 6.08 Å². The largest absolute Gasteiger partial charge is 0.379 e. The SMILES string of the molecule is O=C1NC(=O)N(c2cccc([N+](=O)[O-])c2)C(=O)/C1=C/c1ccc(OS(=O)(=O)c2ccccc2)cc1. The van der Waals surface area contributed by atoms with Crippen molar-refractivity contribution in [2.75, 3.05) is 4.90 Å². The molecule has 0 spiro atoms. The summed E-state index contributed by atoms with van der Waals surface area (Å²) in [7, 11) is -4.05. The number of nitro benzene ring substituents is 1. The summed E-state index contributed by atoms with van der Waals surface area (Å²) in [5, 5.41) is 13.1. The van der Waals surface area contributed by atoms with Gasteiger partial charge in [-0.2, -0.15) is 8.42 Å². The molecule has 11 nitrogen and oxygen atoms in total. The Kier molecular flexibility index (Phi) is 6.12. The molecule has 1 aliphatic rings. The lowest BCUT2D eigenvalue weighted by Crippen LogP contribution is -2.54. The number of imide groups is 2. The summed E-state index contributed by atoms with van der Waals surface area (Å²) in [6.07, 6.45) is 1.20. The Hall–Kier alpha value is -4.84. The molecule has 4 rings (SSSR count). The second-order valence-electron chi connectivity index (χ2n) is 7.15. The zero-order valence-electron chi connectivity index (χ0n) is 17.7.